The third-order valence-electron chi connectivity index (χ3n) is 1.88. The molecule has 2 N–H and O–H groups in total. The van der Waals surface area contributed by atoms with E-state index in [0.717, 1.165) is 0 Å². The molecule has 1 aromatic carbocycles. The summed E-state index contributed by atoms with van der Waals surface area (Å²) in [4.78, 5) is 0. The number of nitriles is 1. The number of halogens is 1. The molecule has 0 saturated heterocycles. The summed E-state index contributed by atoms with van der Waals surface area (Å²) in [5.74, 6) is 0.454. The third-order valence-corrected chi connectivity index (χ3v) is 3.03. The highest BCUT2D eigenvalue weighted by molar-refractivity contribution is 7.98. The van der Waals surface area contributed by atoms with Gasteiger partial charge in [-0.2, -0.15) is 17.0 Å². The number of benzene rings is 1. The summed E-state index contributed by atoms with van der Waals surface area (Å²) in [6.45, 7) is -0.278. The first kappa shape index (κ1) is 13.0. The van der Waals surface area contributed by atoms with Crippen LogP contribution in [-0.2, 0) is 5.75 Å². The number of aliphatic hydroxyl groups excluding tert-OH is 2. The van der Waals surface area contributed by atoms with Crippen LogP contribution >= 0.6 is 11.8 Å². The van der Waals surface area contributed by atoms with Crippen LogP contribution in [0.4, 0.5) is 4.39 Å². The topological polar surface area (TPSA) is 64.2 Å². The second-order valence-electron chi connectivity index (χ2n) is 3.31. The maximum absolute atomic E-state index is 13.0. The molecule has 0 fully saturated rings. The number of nitrogens with zero attached hydrogens (tertiary/aromatic N) is 1. The van der Waals surface area contributed by atoms with E-state index in [2.05, 4.69) is 0 Å². The largest absolute Gasteiger partial charge is 0.394 e. The molecular weight excluding hydrogens is 229 g/mol. The van der Waals surface area contributed by atoms with Gasteiger partial charge >= 0.3 is 0 Å². The van der Waals surface area contributed by atoms with Gasteiger partial charge in [0.1, 0.15) is 5.82 Å². The van der Waals surface area contributed by atoms with Crippen molar-refractivity contribution in [3.05, 3.63) is 35.1 Å². The Morgan fingerprint density at radius 3 is 2.81 bits per heavy atom. The lowest BCUT2D eigenvalue weighted by molar-refractivity contribution is 0.113. The van der Waals surface area contributed by atoms with Crippen LogP contribution in [0.2, 0.25) is 0 Å². The molecule has 16 heavy (non-hydrogen) atoms. The van der Waals surface area contributed by atoms with E-state index in [0.29, 0.717) is 22.6 Å². The van der Waals surface area contributed by atoms with Gasteiger partial charge in [0.2, 0.25) is 0 Å². The summed E-state index contributed by atoms with van der Waals surface area (Å²) >= 11 is 1.38. The summed E-state index contributed by atoms with van der Waals surface area (Å²) < 4.78 is 13.0. The summed E-state index contributed by atoms with van der Waals surface area (Å²) in [5.41, 5.74) is 0.991. The number of aliphatic hydroxyl groups is 2. The first-order valence-electron chi connectivity index (χ1n) is 4.72. The minimum absolute atomic E-state index is 0.278. The average molecular weight is 241 g/mol. The van der Waals surface area contributed by atoms with Gasteiger partial charge in [0.05, 0.1) is 24.3 Å². The molecule has 1 unspecified atom stereocenters. The number of rotatable bonds is 5. The third kappa shape index (κ3) is 4.19. The van der Waals surface area contributed by atoms with Gasteiger partial charge in [-0.15, -0.1) is 0 Å². The molecule has 86 valence electrons. The first-order chi connectivity index (χ1) is 7.65. The van der Waals surface area contributed by atoms with Crippen molar-refractivity contribution in [3.8, 4) is 6.07 Å². The Balaban J connectivity index is 2.54. The molecule has 1 aromatic rings. The van der Waals surface area contributed by atoms with Crippen LogP contribution in [-0.4, -0.2) is 28.7 Å². The molecule has 0 amide bonds. The fourth-order valence-electron chi connectivity index (χ4n) is 1.16. The molecule has 0 spiro atoms. The maximum Gasteiger partial charge on any atom is 0.124 e. The maximum atomic E-state index is 13.0. The quantitative estimate of drug-likeness (QED) is 0.815. The Labute approximate surface area is 97.5 Å². The van der Waals surface area contributed by atoms with Crippen molar-refractivity contribution in [1.29, 1.82) is 5.26 Å². The Hall–Kier alpha value is -1.09. The van der Waals surface area contributed by atoms with E-state index in [4.69, 9.17) is 15.5 Å². The van der Waals surface area contributed by atoms with Crippen LogP contribution in [0.3, 0.4) is 0 Å². The Kier molecular flexibility index (Phi) is 5.26. The highest BCUT2D eigenvalue weighted by Crippen LogP contribution is 2.16. The van der Waals surface area contributed by atoms with E-state index in [9.17, 15) is 4.39 Å². The van der Waals surface area contributed by atoms with Gasteiger partial charge in [-0.1, -0.05) is 0 Å². The summed E-state index contributed by atoms with van der Waals surface area (Å²) in [5, 5.41) is 26.3. The van der Waals surface area contributed by atoms with Crippen LogP contribution in [0.25, 0.3) is 0 Å². The minimum Gasteiger partial charge on any atom is -0.394 e. The normalized spacial score (nSPS) is 12.1. The Bertz CT molecular complexity index is 392. The number of hydrogen-bond donors (Lipinski definition) is 2. The smallest absolute Gasteiger partial charge is 0.124 e. The van der Waals surface area contributed by atoms with Crippen LogP contribution in [0.5, 0.6) is 0 Å². The minimum atomic E-state index is -0.756. The van der Waals surface area contributed by atoms with E-state index in [1.807, 2.05) is 6.07 Å². The summed E-state index contributed by atoms with van der Waals surface area (Å²) in [6.07, 6.45) is -0.756. The van der Waals surface area contributed by atoms with Crippen molar-refractivity contribution in [3.63, 3.8) is 0 Å². The van der Waals surface area contributed by atoms with Crippen LogP contribution in [0.15, 0.2) is 18.2 Å². The second-order valence-corrected chi connectivity index (χ2v) is 4.34. The molecule has 0 aliphatic rings. The van der Waals surface area contributed by atoms with E-state index in [-0.39, 0.29) is 6.61 Å². The molecule has 1 atom stereocenters. The Morgan fingerprint density at radius 1 is 1.44 bits per heavy atom. The molecule has 0 radical (unpaired) electrons. The number of thioether (sulfide) groups is 1. The van der Waals surface area contributed by atoms with Crippen molar-refractivity contribution in [2.45, 2.75) is 11.9 Å². The van der Waals surface area contributed by atoms with Gasteiger partial charge in [-0.25, -0.2) is 4.39 Å². The highest BCUT2D eigenvalue weighted by Gasteiger charge is 2.04. The lowest BCUT2D eigenvalue weighted by Crippen LogP contribution is -2.14. The van der Waals surface area contributed by atoms with E-state index >= 15 is 0 Å². The average Bonchev–Trinajstić information content (AvgIpc) is 2.28. The van der Waals surface area contributed by atoms with Crippen LogP contribution in [0, 0.1) is 17.1 Å². The van der Waals surface area contributed by atoms with Gasteiger partial charge in [0.15, 0.2) is 0 Å². The molecular formula is C11H12FNO2S. The molecule has 0 aliphatic carbocycles. The highest BCUT2D eigenvalue weighted by atomic mass is 32.2. The van der Waals surface area contributed by atoms with Crippen molar-refractivity contribution < 1.29 is 14.6 Å². The number of hydrogen-bond acceptors (Lipinski definition) is 4. The monoisotopic (exact) mass is 241 g/mol. The molecule has 0 heterocycles. The van der Waals surface area contributed by atoms with Crippen LogP contribution in [0.1, 0.15) is 11.1 Å². The van der Waals surface area contributed by atoms with Crippen molar-refractivity contribution in [2.75, 3.05) is 12.4 Å². The molecule has 3 nitrogen and oxygen atoms in total. The lowest BCUT2D eigenvalue weighted by atomic mass is 10.1. The standard InChI is InChI=1S/C11H12FNO2S/c12-10-2-8(4-13)1-9(3-10)6-16-7-11(15)5-14/h1-3,11,14-15H,5-7H2. The van der Waals surface area contributed by atoms with Gasteiger partial charge in [0, 0.05) is 11.5 Å². The predicted octanol–water partition coefficient (Wildman–Crippen LogP) is 1.28. The fraction of sp³-hybridized carbons (Fsp3) is 0.364. The van der Waals surface area contributed by atoms with Gasteiger partial charge in [-0.05, 0) is 23.8 Å². The lowest BCUT2D eigenvalue weighted by Gasteiger charge is -2.06. The molecule has 0 saturated carbocycles. The van der Waals surface area contributed by atoms with Crippen molar-refractivity contribution >= 4 is 11.8 Å². The fourth-order valence-corrected chi connectivity index (χ4v) is 2.06. The summed E-state index contributed by atoms with van der Waals surface area (Å²) in [6, 6.07) is 6.03. The van der Waals surface area contributed by atoms with Gasteiger partial charge < -0.3 is 10.2 Å². The molecule has 1 rings (SSSR count). The molecule has 0 bridgehead atoms. The molecule has 0 aliphatic heterocycles. The van der Waals surface area contributed by atoms with Gasteiger partial charge in [-0.3, -0.25) is 0 Å². The van der Waals surface area contributed by atoms with Gasteiger partial charge in [0.25, 0.3) is 0 Å². The second kappa shape index (κ2) is 6.48. The molecule has 5 heteroatoms. The van der Waals surface area contributed by atoms with E-state index in [1.165, 1.54) is 23.9 Å². The zero-order chi connectivity index (χ0) is 12.0. The van der Waals surface area contributed by atoms with E-state index < -0.39 is 11.9 Å². The molecule has 0 aromatic heterocycles. The van der Waals surface area contributed by atoms with E-state index in [1.54, 1.807) is 6.07 Å². The first-order valence-corrected chi connectivity index (χ1v) is 5.87. The van der Waals surface area contributed by atoms with Crippen molar-refractivity contribution in [2.24, 2.45) is 0 Å². The zero-order valence-electron chi connectivity index (χ0n) is 8.56. The van der Waals surface area contributed by atoms with Crippen molar-refractivity contribution in [1.82, 2.24) is 0 Å². The zero-order valence-corrected chi connectivity index (χ0v) is 9.38. The summed E-state index contributed by atoms with van der Waals surface area (Å²) in [7, 11) is 0. The SMILES string of the molecule is N#Cc1cc(F)cc(CSCC(O)CO)c1. The predicted molar refractivity (Wildman–Crippen MR) is 60.4 cm³/mol. The Morgan fingerprint density at radius 2 is 2.19 bits per heavy atom. The van der Waals surface area contributed by atoms with Crippen LogP contribution < -0.4 is 0 Å².